The molecule has 1 aromatic carbocycles. The Morgan fingerprint density at radius 3 is 2.46 bits per heavy atom. The Kier molecular flexibility index (Phi) is 6.96. The lowest BCUT2D eigenvalue weighted by molar-refractivity contribution is 0.0943. The Morgan fingerprint density at radius 1 is 1.08 bits per heavy atom. The van der Waals surface area contributed by atoms with Crippen LogP contribution in [-0.2, 0) is 6.54 Å². The molecule has 0 aliphatic heterocycles. The highest BCUT2D eigenvalue weighted by molar-refractivity contribution is 7.12. The second kappa shape index (κ2) is 9.20. The van der Waals surface area contributed by atoms with E-state index in [1.807, 2.05) is 37.4 Å². The highest BCUT2D eigenvalue weighted by Gasteiger charge is 2.08. The smallest absolute Gasteiger partial charge is 0.261 e. The number of hydrogen-bond donors (Lipinski definition) is 3. The normalized spacial score (nSPS) is 11.8. The fourth-order valence-corrected chi connectivity index (χ4v) is 2.86. The fourth-order valence-electron chi connectivity index (χ4n) is 2.22. The van der Waals surface area contributed by atoms with Crippen LogP contribution in [0.4, 0.5) is 0 Å². The van der Waals surface area contributed by atoms with E-state index in [-0.39, 0.29) is 17.9 Å². The molecule has 0 radical (unpaired) electrons. The van der Waals surface area contributed by atoms with Gasteiger partial charge in [-0.05, 0) is 42.6 Å². The minimum Gasteiger partial charge on any atom is -0.350 e. The molecular weight excluding hydrogens is 322 g/mol. The molecule has 0 unspecified atom stereocenters. The van der Waals surface area contributed by atoms with E-state index in [9.17, 15) is 9.59 Å². The highest BCUT2D eigenvalue weighted by Crippen LogP contribution is 2.09. The molecule has 0 bridgehead atoms. The van der Waals surface area contributed by atoms with Crippen LogP contribution in [0.5, 0.6) is 0 Å². The molecule has 0 aliphatic rings. The van der Waals surface area contributed by atoms with Gasteiger partial charge in [-0.25, -0.2) is 0 Å². The lowest BCUT2D eigenvalue weighted by Crippen LogP contribution is -2.38. The molecule has 3 N–H and O–H groups in total. The van der Waals surface area contributed by atoms with Gasteiger partial charge in [0.2, 0.25) is 0 Å². The molecule has 0 saturated carbocycles. The zero-order chi connectivity index (χ0) is 17.4. The lowest BCUT2D eigenvalue weighted by atomic mass is 10.1. The van der Waals surface area contributed by atoms with Gasteiger partial charge in [0.05, 0.1) is 4.88 Å². The summed E-state index contributed by atoms with van der Waals surface area (Å²) in [7, 11) is 0. The second-order valence-corrected chi connectivity index (χ2v) is 6.47. The van der Waals surface area contributed by atoms with Crippen LogP contribution >= 0.6 is 11.3 Å². The molecule has 24 heavy (non-hydrogen) atoms. The maximum absolute atomic E-state index is 12.1. The van der Waals surface area contributed by atoms with Crippen LogP contribution in [0.25, 0.3) is 0 Å². The maximum atomic E-state index is 12.1. The Labute approximate surface area is 146 Å². The predicted octanol–water partition coefficient (Wildman–Crippen LogP) is 2.41. The molecule has 1 aromatic heterocycles. The molecule has 2 rings (SSSR count). The van der Waals surface area contributed by atoms with Gasteiger partial charge in [0.25, 0.3) is 11.8 Å². The van der Waals surface area contributed by atoms with E-state index >= 15 is 0 Å². The molecule has 2 aromatic rings. The first-order chi connectivity index (χ1) is 11.6. The van der Waals surface area contributed by atoms with Crippen molar-refractivity contribution in [2.24, 2.45) is 0 Å². The topological polar surface area (TPSA) is 70.2 Å². The third-order valence-electron chi connectivity index (χ3n) is 3.54. The Hall–Kier alpha value is -2.18. The van der Waals surface area contributed by atoms with E-state index in [2.05, 4.69) is 16.0 Å². The van der Waals surface area contributed by atoms with Gasteiger partial charge in [0.1, 0.15) is 0 Å². The Morgan fingerprint density at radius 2 is 1.83 bits per heavy atom. The van der Waals surface area contributed by atoms with Gasteiger partial charge in [0.15, 0.2) is 0 Å². The fraction of sp³-hybridized carbons (Fsp3) is 0.333. The maximum Gasteiger partial charge on any atom is 0.261 e. The van der Waals surface area contributed by atoms with Crippen molar-refractivity contribution in [3.63, 3.8) is 0 Å². The van der Waals surface area contributed by atoms with E-state index < -0.39 is 0 Å². The van der Waals surface area contributed by atoms with E-state index in [4.69, 9.17) is 0 Å². The minimum atomic E-state index is -0.0890. The van der Waals surface area contributed by atoms with E-state index in [0.717, 1.165) is 12.1 Å². The molecule has 128 valence electrons. The monoisotopic (exact) mass is 345 g/mol. The van der Waals surface area contributed by atoms with Crippen LogP contribution in [-0.4, -0.2) is 30.9 Å². The molecule has 5 nitrogen and oxygen atoms in total. The van der Waals surface area contributed by atoms with E-state index in [1.54, 1.807) is 18.2 Å². The third-order valence-corrected chi connectivity index (χ3v) is 4.40. The van der Waals surface area contributed by atoms with Crippen molar-refractivity contribution in [3.8, 4) is 0 Å². The summed E-state index contributed by atoms with van der Waals surface area (Å²) >= 11 is 1.41. The predicted molar refractivity (Wildman–Crippen MR) is 97.4 cm³/mol. The summed E-state index contributed by atoms with van der Waals surface area (Å²) in [6, 6.07) is 11.2. The number of nitrogens with one attached hydrogen (secondary N) is 3. The summed E-state index contributed by atoms with van der Waals surface area (Å²) in [5, 5.41) is 10.9. The molecular formula is C18H23N3O2S. The van der Waals surface area contributed by atoms with Gasteiger partial charge >= 0.3 is 0 Å². The molecule has 0 fully saturated rings. The zero-order valence-corrected chi connectivity index (χ0v) is 14.8. The van der Waals surface area contributed by atoms with Crippen LogP contribution in [0.15, 0.2) is 41.8 Å². The standard InChI is InChI=1S/C18H23N3O2S/c1-3-19-13(2)11-20-17(22)15-8-6-14(7-9-15)12-21-18(23)16-5-4-10-24-16/h4-10,13,19H,3,11-12H2,1-2H3,(H,20,22)(H,21,23)/t13-/m1/s1. The second-order valence-electron chi connectivity index (χ2n) is 5.53. The van der Waals surface area contributed by atoms with Crippen molar-refractivity contribution in [2.75, 3.05) is 13.1 Å². The van der Waals surface area contributed by atoms with Crippen molar-refractivity contribution < 1.29 is 9.59 Å². The van der Waals surface area contributed by atoms with Gasteiger partial charge in [0, 0.05) is 24.7 Å². The number of amides is 2. The summed E-state index contributed by atoms with van der Waals surface area (Å²) in [6.07, 6.45) is 0. The van der Waals surface area contributed by atoms with Crippen LogP contribution in [0.1, 0.15) is 39.4 Å². The molecule has 0 spiro atoms. The summed E-state index contributed by atoms with van der Waals surface area (Å²) in [4.78, 5) is 24.7. The first-order valence-electron chi connectivity index (χ1n) is 8.02. The van der Waals surface area contributed by atoms with Gasteiger partial charge in [-0.2, -0.15) is 0 Å². The molecule has 6 heteroatoms. The Bertz CT molecular complexity index is 653. The largest absolute Gasteiger partial charge is 0.350 e. The van der Waals surface area contributed by atoms with Crippen molar-refractivity contribution >= 4 is 23.2 Å². The number of rotatable bonds is 8. The summed E-state index contributed by atoms with van der Waals surface area (Å²) in [5.74, 6) is -0.168. The summed E-state index contributed by atoms with van der Waals surface area (Å²) in [5.41, 5.74) is 1.57. The first-order valence-corrected chi connectivity index (χ1v) is 8.90. The van der Waals surface area contributed by atoms with E-state index in [1.165, 1.54) is 11.3 Å². The molecule has 0 saturated heterocycles. The molecule has 0 aliphatic carbocycles. The lowest BCUT2D eigenvalue weighted by Gasteiger charge is -2.13. The summed E-state index contributed by atoms with van der Waals surface area (Å²) < 4.78 is 0. The minimum absolute atomic E-state index is 0.0794. The van der Waals surface area contributed by atoms with Gasteiger partial charge in [-0.1, -0.05) is 25.1 Å². The van der Waals surface area contributed by atoms with Crippen molar-refractivity contribution in [1.29, 1.82) is 0 Å². The van der Waals surface area contributed by atoms with Gasteiger partial charge in [-0.15, -0.1) is 11.3 Å². The number of benzene rings is 1. The SMILES string of the molecule is CCN[C@H](C)CNC(=O)c1ccc(CNC(=O)c2cccs2)cc1. The number of carbonyl (C=O) groups is 2. The number of carbonyl (C=O) groups excluding carboxylic acids is 2. The highest BCUT2D eigenvalue weighted by atomic mass is 32.1. The average Bonchev–Trinajstić information content (AvgIpc) is 3.13. The summed E-state index contributed by atoms with van der Waals surface area (Å²) in [6.45, 7) is 5.97. The number of likely N-dealkylation sites (N-methyl/N-ethyl adjacent to an activating group) is 1. The van der Waals surface area contributed by atoms with Crippen molar-refractivity contribution in [3.05, 3.63) is 57.8 Å². The quantitative estimate of drug-likeness (QED) is 0.688. The number of thiophene rings is 1. The van der Waals surface area contributed by atoms with E-state index in [0.29, 0.717) is 23.5 Å². The number of hydrogen-bond acceptors (Lipinski definition) is 4. The van der Waals surface area contributed by atoms with Crippen LogP contribution in [0.2, 0.25) is 0 Å². The van der Waals surface area contributed by atoms with Crippen LogP contribution in [0.3, 0.4) is 0 Å². The molecule has 2 amide bonds. The van der Waals surface area contributed by atoms with Crippen molar-refractivity contribution in [1.82, 2.24) is 16.0 Å². The van der Waals surface area contributed by atoms with Gasteiger partial charge < -0.3 is 16.0 Å². The molecule has 1 atom stereocenters. The first kappa shape index (κ1) is 18.2. The molecule has 1 heterocycles. The van der Waals surface area contributed by atoms with Crippen molar-refractivity contribution in [2.45, 2.75) is 26.4 Å². The Balaban J connectivity index is 1.81. The zero-order valence-electron chi connectivity index (χ0n) is 14.0. The van der Waals surface area contributed by atoms with Crippen LogP contribution < -0.4 is 16.0 Å². The average molecular weight is 345 g/mol. The van der Waals surface area contributed by atoms with Gasteiger partial charge in [-0.3, -0.25) is 9.59 Å². The van der Waals surface area contributed by atoms with Crippen LogP contribution in [0, 0.1) is 0 Å². The third kappa shape index (κ3) is 5.47.